The molecule has 0 aliphatic heterocycles. The molecule has 0 aromatic heterocycles. The second-order valence-corrected chi connectivity index (χ2v) is 5.35. The number of benzene rings is 2. The van der Waals surface area contributed by atoms with Crippen LogP contribution in [0.25, 0.3) is 0 Å². The van der Waals surface area contributed by atoms with Gasteiger partial charge in [0.05, 0.1) is 12.7 Å². The Balaban J connectivity index is 1.85. The summed E-state index contributed by atoms with van der Waals surface area (Å²) in [5, 5.41) is 4.70. The minimum absolute atomic E-state index is 0.0999. The summed E-state index contributed by atoms with van der Waals surface area (Å²) in [5.74, 6) is -1.15. The standard InChI is InChI=1S/C18H17F3N2O3/c1-26-15-5-3-2-4-12(15)10-11-22-16(24)17(25)23-14-8-6-13(7-9-14)18(19,20)21/h2-9H,10-11H2,1H3,(H,22,24)(H,23,25). The lowest BCUT2D eigenvalue weighted by atomic mass is 10.1. The van der Waals surface area contributed by atoms with Gasteiger partial charge in [0.1, 0.15) is 5.75 Å². The molecule has 2 aromatic rings. The summed E-state index contributed by atoms with van der Waals surface area (Å²) in [4.78, 5) is 23.6. The van der Waals surface area contributed by atoms with Gasteiger partial charge in [-0.3, -0.25) is 9.59 Å². The van der Waals surface area contributed by atoms with Crippen LogP contribution in [0.5, 0.6) is 5.75 Å². The van der Waals surface area contributed by atoms with Gasteiger partial charge in [0.25, 0.3) is 0 Å². The average molecular weight is 366 g/mol. The van der Waals surface area contributed by atoms with Gasteiger partial charge < -0.3 is 15.4 Å². The van der Waals surface area contributed by atoms with E-state index in [0.29, 0.717) is 12.2 Å². The van der Waals surface area contributed by atoms with Crippen molar-refractivity contribution in [1.82, 2.24) is 5.32 Å². The summed E-state index contributed by atoms with van der Waals surface area (Å²) < 4.78 is 42.6. The summed E-state index contributed by atoms with van der Waals surface area (Å²) >= 11 is 0. The van der Waals surface area contributed by atoms with Crippen molar-refractivity contribution in [3.8, 4) is 5.75 Å². The van der Waals surface area contributed by atoms with Crippen LogP contribution in [0.4, 0.5) is 18.9 Å². The maximum absolute atomic E-state index is 12.5. The first-order valence-corrected chi connectivity index (χ1v) is 7.69. The maximum atomic E-state index is 12.5. The van der Waals surface area contributed by atoms with Crippen LogP contribution in [0.3, 0.4) is 0 Å². The smallest absolute Gasteiger partial charge is 0.416 e. The highest BCUT2D eigenvalue weighted by Crippen LogP contribution is 2.29. The lowest BCUT2D eigenvalue weighted by Crippen LogP contribution is -2.36. The van der Waals surface area contributed by atoms with Gasteiger partial charge in [0.15, 0.2) is 0 Å². The predicted octanol–water partition coefficient (Wildman–Crippen LogP) is 3.01. The summed E-state index contributed by atoms with van der Waals surface area (Å²) in [6, 6.07) is 11.1. The number of para-hydroxylation sites is 1. The summed E-state index contributed by atoms with van der Waals surface area (Å²) in [6.07, 6.45) is -4.00. The number of carbonyl (C=O) groups excluding carboxylic acids is 2. The molecule has 0 aliphatic carbocycles. The first kappa shape index (κ1) is 19.3. The normalized spacial score (nSPS) is 10.9. The zero-order valence-corrected chi connectivity index (χ0v) is 13.9. The fourth-order valence-corrected chi connectivity index (χ4v) is 2.23. The van der Waals surface area contributed by atoms with E-state index in [2.05, 4.69) is 10.6 Å². The van der Waals surface area contributed by atoms with Crippen LogP contribution in [0.1, 0.15) is 11.1 Å². The lowest BCUT2D eigenvalue weighted by Gasteiger charge is -2.10. The molecule has 0 heterocycles. The first-order chi connectivity index (χ1) is 12.3. The zero-order valence-electron chi connectivity index (χ0n) is 13.9. The fraction of sp³-hybridized carbons (Fsp3) is 0.222. The van der Waals surface area contributed by atoms with Gasteiger partial charge in [0, 0.05) is 12.2 Å². The van der Waals surface area contributed by atoms with Gasteiger partial charge in [-0.2, -0.15) is 13.2 Å². The number of anilines is 1. The molecule has 8 heteroatoms. The number of carbonyl (C=O) groups is 2. The minimum Gasteiger partial charge on any atom is -0.496 e. The second kappa shape index (κ2) is 8.37. The number of halogens is 3. The molecular weight excluding hydrogens is 349 g/mol. The van der Waals surface area contributed by atoms with Gasteiger partial charge in [-0.15, -0.1) is 0 Å². The topological polar surface area (TPSA) is 67.4 Å². The van der Waals surface area contributed by atoms with Crippen LogP contribution in [0.2, 0.25) is 0 Å². The molecule has 0 unspecified atom stereocenters. The van der Waals surface area contributed by atoms with Gasteiger partial charge in [-0.05, 0) is 42.3 Å². The Labute approximate surface area is 148 Å². The second-order valence-electron chi connectivity index (χ2n) is 5.35. The van der Waals surface area contributed by atoms with Crippen LogP contribution in [-0.4, -0.2) is 25.5 Å². The molecule has 26 heavy (non-hydrogen) atoms. The van der Waals surface area contributed by atoms with Crippen molar-refractivity contribution in [3.05, 3.63) is 59.7 Å². The molecule has 0 saturated carbocycles. The molecule has 5 nitrogen and oxygen atoms in total. The van der Waals surface area contributed by atoms with E-state index in [4.69, 9.17) is 4.74 Å². The highest BCUT2D eigenvalue weighted by atomic mass is 19.4. The lowest BCUT2D eigenvalue weighted by molar-refractivity contribution is -0.137. The number of hydrogen-bond acceptors (Lipinski definition) is 3. The van der Waals surface area contributed by atoms with E-state index in [-0.39, 0.29) is 12.2 Å². The SMILES string of the molecule is COc1ccccc1CCNC(=O)C(=O)Nc1ccc(C(F)(F)F)cc1. The van der Waals surface area contributed by atoms with E-state index in [1.807, 2.05) is 18.2 Å². The Hall–Kier alpha value is -3.03. The summed E-state index contributed by atoms with van der Waals surface area (Å²) in [6.45, 7) is 0.208. The van der Waals surface area contributed by atoms with Crippen molar-refractivity contribution in [1.29, 1.82) is 0 Å². The Morgan fingerprint density at radius 3 is 2.27 bits per heavy atom. The monoisotopic (exact) mass is 366 g/mol. The Bertz CT molecular complexity index is 774. The molecule has 0 bridgehead atoms. The molecular formula is C18H17F3N2O3. The Morgan fingerprint density at radius 2 is 1.65 bits per heavy atom. The van der Waals surface area contributed by atoms with Crippen LogP contribution < -0.4 is 15.4 Å². The van der Waals surface area contributed by atoms with Crippen molar-refractivity contribution in [3.63, 3.8) is 0 Å². The molecule has 2 aromatic carbocycles. The number of methoxy groups -OCH3 is 1. The maximum Gasteiger partial charge on any atom is 0.416 e. The van der Waals surface area contributed by atoms with Gasteiger partial charge in [0.2, 0.25) is 0 Å². The zero-order chi connectivity index (χ0) is 19.2. The quantitative estimate of drug-likeness (QED) is 0.800. The fourth-order valence-electron chi connectivity index (χ4n) is 2.23. The number of ether oxygens (including phenoxy) is 1. The molecule has 138 valence electrons. The number of hydrogen-bond donors (Lipinski definition) is 2. The molecule has 0 fully saturated rings. The highest BCUT2D eigenvalue weighted by molar-refractivity contribution is 6.39. The van der Waals surface area contributed by atoms with E-state index in [1.165, 1.54) is 7.11 Å². The Kier molecular flexibility index (Phi) is 6.21. The molecule has 2 rings (SSSR count). The van der Waals surface area contributed by atoms with Gasteiger partial charge in [-0.1, -0.05) is 18.2 Å². The molecule has 2 N–H and O–H groups in total. The summed E-state index contributed by atoms with van der Waals surface area (Å²) in [7, 11) is 1.54. The predicted molar refractivity (Wildman–Crippen MR) is 89.8 cm³/mol. The molecule has 0 radical (unpaired) electrons. The van der Waals surface area contributed by atoms with Crippen molar-refractivity contribution >= 4 is 17.5 Å². The first-order valence-electron chi connectivity index (χ1n) is 7.69. The van der Waals surface area contributed by atoms with Crippen molar-refractivity contribution in [2.24, 2.45) is 0 Å². The van der Waals surface area contributed by atoms with Crippen molar-refractivity contribution in [2.75, 3.05) is 19.0 Å². The van der Waals surface area contributed by atoms with E-state index >= 15 is 0 Å². The molecule has 2 amide bonds. The van der Waals surface area contributed by atoms with E-state index in [1.54, 1.807) is 6.07 Å². The van der Waals surface area contributed by atoms with E-state index < -0.39 is 23.6 Å². The van der Waals surface area contributed by atoms with E-state index in [0.717, 1.165) is 29.8 Å². The van der Waals surface area contributed by atoms with Gasteiger partial charge >= 0.3 is 18.0 Å². The Morgan fingerprint density at radius 1 is 1.00 bits per heavy atom. The third-order valence-corrected chi connectivity index (χ3v) is 3.55. The molecule has 0 saturated heterocycles. The molecule has 0 spiro atoms. The van der Waals surface area contributed by atoms with Gasteiger partial charge in [-0.25, -0.2) is 0 Å². The van der Waals surface area contributed by atoms with Crippen LogP contribution in [-0.2, 0) is 22.2 Å². The average Bonchev–Trinajstić information content (AvgIpc) is 2.61. The number of nitrogens with one attached hydrogen (secondary N) is 2. The number of alkyl halides is 3. The van der Waals surface area contributed by atoms with E-state index in [9.17, 15) is 22.8 Å². The minimum atomic E-state index is -4.46. The van der Waals surface area contributed by atoms with Crippen molar-refractivity contribution in [2.45, 2.75) is 12.6 Å². The van der Waals surface area contributed by atoms with Crippen LogP contribution in [0.15, 0.2) is 48.5 Å². The number of rotatable bonds is 5. The third kappa shape index (κ3) is 5.23. The largest absolute Gasteiger partial charge is 0.496 e. The highest BCUT2D eigenvalue weighted by Gasteiger charge is 2.30. The summed E-state index contributed by atoms with van der Waals surface area (Å²) in [5.41, 5.74) is 0.137. The van der Waals surface area contributed by atoms with Crippen LogP contribution >= 0.6 is 0 Å². The van der Waals surface area contributed by atoms with Crippen LogP contribution in [0, 0.1) is 0 Å². The molecule has 0 atom stereocenters. The molecule has 0 aliphatic rings. The van der Waals surface area contributed by atoms with Crippen molar-refractivity contribution < 1.29 is 27.5 Å². The number of amides is 2. The third-order valence-electron chi connectivity index (χ3n) is 3.55.